The van der Waals surface area contributed by atoms with Gasteiger partial charge in [0.2, 0.25) is 5.75 Å². The fourth-order valence-electron chi connectivity index (χ4n) is 2.56. The van der Waals surface area contributed by atoms with Crippen molar-refractivity contribution in [1.82, 2.24) is 10.2 Å². The predicted octanol–water partition coefficient (Wildman–Crippen LogP) is 2.04. The van der Waals surface area contributed by atoms with Crippen molar-refractivity contribution in [3.63, 3.8) is 0 Å². The molecule has 2 rings (SSSR count). The van der Waals surface area contributed by atoms with E-state index in [-0.39, 0.29) is 0 Å². The molecule has 0 amide bonds. The SMILES string of the molecule is COc1cc(C=CCN2CCC[N]CC2)cc(OC)c1OC. The second kappa shape index (κ2) is 8.66. The van der Waals surface area contributed by atoms with Crippen LogP contribution in [-0.2, 0) is 0 Å². The summed E-state index contributed by atoms with van der Waals surface area (Å²) in [6, 6.07) is 3.91. The number of benzene rings is 1. The van der Waals surface area contributed by atoms with Gasteiger partial charge in [-0.1, -0.05) is 12.2 Å². The molecule has 1 aliphatic rings. The topological polar surface area (TPSA) is 45.0 Å². The molecule has 22 heavy (non-hydrogen) atoms. The summed E-state index contributed by atoms with van der Waals surface area (Å²) < 4.78 is 16.1. The molecular weight excluding hydrogens is 280 g/mol. The summed E-state index contributed by atoms with van der Waals surface area (Å²) in [6.07, 6.45) is 5.41. The number of methoxy groups -OCH3 is 3. The average molecular weight is 305 g/mol. The standard InChI is InChI=1S/C17H25N2O3/c1-20-15-12-14(13-16(21-2)17(15)22-3)6-4-9-19-10-5-7-18-8-11-19/h4,6,12-13H,5,7-11H2,1-3H3. The largest absolute Gasteiger partial charge is 0.493 e. The van der Waals surface area contributed by atoms with Gasteiger partial charge in [-0.05, 0) is 30.7 Å². The Morgan fingerprint density at radius 3 is 2.41 bits per heavy atom. The first-order valence-corrected chi connectivity index (χ1v) is 7.60. The van der Waals surface area contributed by atoms with Crippen LogP contribution >= 0.6 is 0 Å². The fourth-order valence-corrected chi connectivity index (χ4v) is 2.56. The second-order valence-electron chi connectivity index (χ2n) is 5.19. The zero-order valence-corrected chi connectivity index (χ0v) is 13.7. The Balaban J connectivity index is 2.06. The predicted molar refractivity (Wildman–Crippen MR) is 88.1 cm³/mol. The average Bonchev–Trinajstić information content (AvgIpc) is 2.82. The van der Waals surface area contributed by atoms with Gasteiger partial charge in [0.1, 0.15) is 0 Å². The van der Waals surface area contributed by atoms with Crippen molar-refractivity contribution >= 4 is 6.08 Å². The smallest absolute Gasteiger partial charge is 0.203 e. The number of hydrogen-bond acceptors (Lipinski definition) is 4. The lowest BCUT2D eigenvalue weighted by molar-refractivity contribution is 0.323. The lowest BCUT2D eigenvalue weighted by Gasteiger charge is -2.16. The molecule has 0 spiro atoms. The van der Waals surface area contributed by atoms with E-state index in [0.717, 1.165) is 44.7 Å². The van der Waals surface area contributed by atoms with E-state index in [9.17, 15) is 0 Å². The normalized spacial score (nSPS) is 16.5. The van der Waals surface area contributed by atoms with Crippen LogP contribution in [-0.4, -0.2) is 59.0 Å². The summed E-state index contributed by atoms with van der Waals surface area (Å²) in [6.45, 7) is 5.03. The fraction of sp³-hybridized carbons (Fsp3) is 0.529. The van der Waals surface area contributed by atoms with Gasteiger partial charge in [0.25, 0.3) is 0 Å². The van der Waals surface area contributed by atoms with Gasteiger partial charge in [-0.15, -0.1) is 0 Å². The van der Waals surface area contributed by atoms with Gasteiger partial charge in [-0.25, -0.2) is 5.32 Å². The van der Waals surface area contributed by atoms with Crippen molar-refractivity contribution in [2.24, 2.45) is 0 Å². The van der Waals surface area contributed by atoms with E-state index < -0.39 is 0 Å². The molecule has 1 radical (unpaired) electrons. The van der Waals surface area contributed by atoms with Crippen molar-refractivity contribution in [2.45, 2.75) is 6.42 Å². The summed E-state index contributed by atoms with van der Waals surface area (Å²) in [5, 5.41) is 4.44. The van der Waals surface area contributed by atoms with Crippen molar-refractivity contribution < 1.29 is 14.2 Å². The highest BCUT2D eigenvalue weighted by Gasteiger charge is 2.12. The highest BCUT2D eigenvalue weighted by atomic mass is 16.5. The summed E-state index contributed by atoms with van der Waals surface area (Å²) in [5.74, 6) is 1.97. The molecule has 1 aliphatic heterocycles. The van der Waals surface area contributed by atoms with Crippen molar-refractivity contribution in [1.29, 1.82) is 0 Å². The van der Waals surface area contributed by atoms with Crippen LogP contribution in [0.2, 0.25) is 0 Å². The van der Waals surface area contributed by atoms with Crippen LogP contribution in [0.3, 0.4) is 0 Å². The Bertz CT molecular complexity index is 470. The first-order valence-electron chi connectivity index (χ1n) is 7.60. The van der Waals surface area contributed by atoms with Crippen LogP contribution < -0.4 is 19.5 Å². The van der Waals surface area contributed by atoms with Crippen LogP contribution in [0.4, 0.5) is 0 Å². The molecule has 5 heteroatoms. The van der Waals surface area contributed by atoms with Crippen LogP contribution in [0.15, 0.2) is 18.2 Å². The van der Waals surface area contributed by atoms with E-state index in [0.29, 0.717) is 17.2 Å². The Hall–Kier alpha value is -1.72. The summed E-state index contributed by atoms with van der Waals surface area (Å²) in [4.78, 5) is 2.42. The molecule has 1 fully saturated rings. The van der Waals surface area contributed by atoms with Gasteiger partial charge in [0.15, 0.2) is 11.5 Å². The highest BCUT2D eigenvalue weighted by molar-refractivity contribution is 5.62. The molecule has 0 saturated carbocycles. The van der Waals surface area contributed by atoms with Crippen molar-refractivity contribution in [3.8, 4) is 17.2 Å². The monoisotopic (exact) mass is 305 g/mol. The number of ether oxygens (including phenoxy) is 3. The maximum absolute atomic E-state index is 5.37. The third-order valence-electron chi connectivity index (χ3n) is 3.73. The Morgan fingerprint density at radius 1 is 1.05 bits per heavy atom. The first kappa shape index (κ1) is 16.6. The van der Waals surface area contributed by atoms with Crippen LogP contribution in [0, 0.1) is 0 Å². The van der Waals surface area contributed by atoms with Gasteiger partial charge in [0, 0.05) is 26.2 Å². The minimum atomic E-state index is 0.622. The zero-order chi connectivity index (χ0) is 15.8. The quantitative estimate of drug-likeness (QED) is 0.807. The van der Waals surface area contributed by atoms with E-state index in [2.05, 4.69) is 22.4 Å². The summed E-state index contributed by atoms with van der Waals surface area (Å²) in [5.41, 5.74) is 1.04. The summed E-state index contributed by atoms with van der Waals surface area (Å²) >= 11 is 0. The maximum Gasteiger partial charge on any atom is 0.203 e. The molecular formula is C17H25N2O3. The lowest BCUT2D eigenvalue weighted by atomic mass is 10.1. The number of nitrogens with zero attached hydrogens (tertiary/aromatic N) is 2. The van der Waals surface area contributed by atoms with E-state index >= 15 is 0 Å². The molecule has 5 nitrogen and oxygen atoms in total. The van der Waals surface area contributed by atoms with Gasteiger partial charge < -0.3 is 14.2 Å². The van der Waals surface area contributed by atoms with E-state index in [1.807, 2.05) is 12.1 Å². The molecule has 1 saturated heterocycles. The second-order valence-corrected chi connectivity index (χ2v) is 5.19. The van der Waals surface area contributed by atoms with Crippen molar-refractivity contribution in [2.75, 3.05) is 54.1 Å². The lowest BCUT2D eigenvalue weighted by Crippen LogP contribution is -2.27. The molecule has 0 bridgehead atoms. The third kappa shape index (κ3) is 4.39. The minimum Gasteiger partial charge on any atom is -0.493 e. The van der Waals surface area contributed by atoms with Gasteiger partial charge >= 0.3 is 0 Å². The van der Waals surface area contributed by atoms with E-state index in [4.69, 9.17) is 14.2 Å². The molecule has 0 N–H and O–H groups in total. The number of hydrogen-bond donors (Lipinski definition) is 0. The van der Waals surface area contributed by atoms with Crippen LogP contribution in [0.5, 0.6) is 17.2 Å². The highest BCUT2D eigenvalue weighted by Crippen LogP contribution is 2.38. The van der Waals surface area contributed by atoms with E-state index in [1.165, 1.54) is 0 Å². The number of rotatable bonds is 6. The van der Waals surface area contributed by atoms with Crippen LogP contribution in [0.25, 0.3) is 6.08 Å². The van der Waals surface area contributed by atoms with Crippen molar-refractivity contribution in [3.05, 3.63) is 23.8 Å². The van der Waals surface area contributed by atoms with Gasteiger partial charge in [-0.2, -0.15) is 0 Å². The Labute approximate surface area is 132 Å². The molecule has 1 aromatic carbocycles. The molecule has 121 valence electrons. The Kier molecular flexibility index (Phi) is 6.55. The maximum atomic E-state index is 5.37. The third-order valence-corrected chi connectivity index (χ3v) is 3.73. The molecule has 0 aliphatic carbocycles. The van der Waals surface area contributed by atoms with Gasteiger partial charge in [-0.3, -0.25) is 4.90 Å². The van der Waals surface area contributed by atoms with Gasteiger partial charge in [0.05, 0.1) is 21.3 Å². The molecule has 1 heterocycles. The molecule has 0 atom stereocenters. The Morgan fingerprint density at radius 2 is 1.77 bits per heavy atom. The van der Waals surface area contributed by atoms with Crippen LogP contribution in [0.1, 0.15) is 12.0 Å². The van der Waals surface area contributed by atoms with E-state index in [1.54, 1.807) is 21.3 Å². The molecule has 1 aromatic rings. The first-order chi connectivity index (χ1) is 10.8. The zero-order valence-electron chi connectivity index (χ0n) is 13.7. The summed E-state index contributed by atoms with van der Waals surface area (Å²) in [7, 11) is 4.87. The molecule has 0 unspecified atom stereocenters. The molecule has 0 aromatic heterocycles. The minimum absolute atomic E-state index is 0.622.